The largest absolute Gasteiger partial charge is 0.388 e. The molecule has 0 saturated carbocycles. The summed E-state index contributed by atoms with van der Waals surface area (Å²) >= 11 is 1.72. The van der Waals surface area contributed by atoms with Gasteiger partial charge in [-0.15, -0.1) is 11.3 Å². The smallest absolute Gasteiger partial charge is 0.0954 e. The summed E-state index contributed by atoms with van der Waals surface area (Å²) in [5, 5.41) is 16.9. The van der Waals surface area contributed by atoms with Gasteiger partial charge in [0.15, 0.2) is 0 Å². The lowest BCUT2D eigenvalue weighted by Crippen LogP contribution is -2.27. The van der Waals surface area contributed by atoms with Crippen LogP contribution in [0.15, 0.2) is 35.7 Å². The van der Waals surface area contributed by atoms with Gasteiger partial charge in [0.05, 0.1) is 16.8 Å². The molecule has 3 nitrogen and oxygen atoms in total. The Hall–Kier alpha value is -1.23. The molecule has 0 saturated heterocycles. The second-order valence-electron chi connectivity index (χ2n) is 5.78. The summed E-state index contributed by atoms with van der Waals surface area (Å²) in [6, 6.07) is 10.1. The summed E-state index contributed by atoms with van der Waals surface area (Å²) < 4.78 is 0. The molecule has 21 heavy (non-hydrogen) atoms. The van der Waals surface area contributed by atoms with Crippen LogP contribution in [0.25, 0.3) is 0 Å². The third kappa shape index (κ3) is 4.92. The highest BCUT2D eigenvalue weighted by Gasteiger charge is 2.12. The molecule has 0 spiro atoms. The average molecular weight is 304 g/mol. The van der Waals surface area contributed by atoms with E-state index < -0.39 is 6.10 Å². The predicted molar refractivity (Wildman–Crippen MR) is 88.5 cm³/mol. The lowest BCUT2D eigenvalue weighted by atomic mass is 10.0. The number of aliphatic hydroxyl groups excluding tert-OH is 1. The number of rotatable bonds is 7. The van der Waals surface area contributed by atoms with Gasteiger partial charge in [-0.05, 0) is 18.9 Å². The number of hydrogen-bond acceptors (Lipinski definition) is 4. The summed E-state index contributed by atoms with van der Waals surface area (Å²) in [6.45, 7) is 7.18. The molecular formula is C17H24N2OS. The highest BCUT2D eigenvalue weighted by molar-refractivity contribution is 7.09. The zero-order valence-electron chi connectivity index (χ0n) is 12.9. The van der Waals surface area contributed by atoms with Crippen molar-refractivity contribution in [3.8, 4) is 0 Å². The van der Waals surface area contributed by atoms with E-state index >= 15 is 0 Å². The maximum atomic E-state index is 10.2. The Morgan fingerprint density at radius 1 is 1.19 bits per heavy atom. The standard InChI is InChI=1S/C17H24N2OS/c1-12(2)17-19-15(11-21-17)10-18-13(3)9-16(20)14-7-5-4-6-8-14/h4-8,11-13,16,18,20H,9-10H2,1-3H3. The predicted octanol–water partition coefficient (Wildman–Crippen LogP) is 3.87. The van der Waals surface area contributed by atoms with E-state index in [1.54, 1.807) is 11.3 Å². The van der Waals surface area contributed by atoms with Crippen LogP contribution < -0.4 is 5.32 Å². The van der Waals surface area contributed by atoms with Gasteiger partial charge in [0, 0.05) is 23.9 Å². The Labute approximate surface area is 131 Å². The van der Waals surface area contributed by atoms with Crippen molar-refractivity contribution >= 4 is 11.3 Å². The van der Waals surface area contributed by atoms with Gasteiger partial charge in [-0.3, -0.25) is 0 Å². The molecule has 1 aromatic heterocycles. The molecule has 1 aromatic carbocycles. The van der Waals surface area contributed by atoms with E-state index in [2.05, 4.69) is 36.5 Å². The fourth-order valence-corrected chi connectivity index (χ4v) is 3.01. The van der Waals surface area contributed by atoms with E-state index in [0.29, 0.717) is 12.3 Å². The number of aromatic nitrogens is 1. The number of hydrogen-bond donors (Lipinski definition) is 2. The SMILES string of the molecule is CC(CC(O)c1ccccc1)NCc1csc(C(C)C)n1. The van der Waals surface area contributed by atoms with Gasteiger partial charge in [0.2, 0.25) is 0 Å². The van der Waals surface area contributed by atoms with Crippen LogP contribution in [0.3, 0.4) is 0 Å². The van der Waals surface area contributed by atoms with Gasteiger partial charge in [-0.25, -0.2) is 4.98 Å². The number of benzene rings is 1. The van der Waals surface area contributed by atoms with Crippen molar-refractivity contribution < 1.29 is 5.11 Å². The Balaban J connectivity index is 1.80. The second kappa shape index (κ2) is 7.69. The van der Waals surface area contributed by atoms with Gasteiger partial charge in [0.1, 0.15) is 0 Å². The number of nitrogens with one attached hydrogen (secondary N) is 1. The van der Waals surface area contributed by atoms with Crippen molar-refractivity contribution in [1.29, 1.82) is 0 Å². The molecule has 0 amide bonds. The highest BCUT2D eigenvalue weighted by Crippen LogP contribution is 2.20. The summed E-state index contributed by atoms with van der Waals surface area (Å²) in [7, 11) is 0. The zero-order valence-corrected chi connectivity index (χ0v) is 13.7. The van der Waals surface area contributed by atoms with Crippen LogP contribution in [-0.4, -0.2) is 16.1 Å². The van der Waals surface area contributed by atoms with E-state index in [-0.39, 0.29) is 6.04 Å². The molecule has 114 valence electrons. The summed E-state index contributed by atoms with van der Waals surface area (Å²) in [5.41, 5.74) is 2.06. The van der Waals surface area contributed by atoms with Crippen molar-refractivity contribution in [2.45, 2.75) is 51.8 Å². The van der Waals surface area contributed by atoms with Gasteiger partial charge >= 0.3 is 0 Å². The van der Waals surface area contributed by atoms with Crippen LogP contribution in [0.4, 0.5) is 0 Å². The molecule has 0 fully saturated rings. The van der Waals surface area contributed by atoms with Crippen LogP contribution in [0.2, 0.25) is 0 Å². The van der Waals surface area contributed by atoms with Crippen LogP contribution >= 0.6 is 11.3 Å². The molecule has 1 heterocycles. The molecule has 0 aliphatic heterocycles. The molecule has 0 bridgehead atoms. The van der Waals surface area contributed by atoms with Crippen molar-refractivity contribution in [2.24, 2.45) is 0 Å². The minimum absolute atomic E-state index is 0.240. The first-order chi connectivity index (χ1) is 10.1. The third-order valence-corrected chi connectivity index (χ3v) is 4.65. The monoisotopic (exact) mass is 304 g/mol. The molecule has 0 radical (unpaired) electrons. The molecule has 0 aliphatic rings. The minimum atomic E-state index is -0.421. The quantitative estimate of drug-likeness (QED) is 0.816. The summed E-state index contributed by atoms with van der Waals surface area (Å²) in [4.78, 5) is 4.61. The Morgan fingerprint density at radius 3 is 2.52 bits per heavy atom. The van der Waals surface area contributed by atoms with E-state index in [1.807, 2.05) is 30.3 Å². The van der Waals surface area contributed by atoms with Gasteiger partial charge in [0.25, 0.3) is 0 Å². The third-order valence-electron chi connectivity index (χ3n) is 3.46. The molecule has 2 rings (SSSR count). The Bertz CT molecular complexity index is 539. The van der Waals surface area contributed by atoms with Gasteiger partial charge in [-0.1, -0.05) is 44.2 Å². The number of aliphatic hydroxyl groups is 1. The molecule has 2 atom stereocenters. The zero-order chi connectivity index (χ0) is 15.2. The summed E-state index contributed by atoms with van der Waals surface area (Å²) in [5.74, 6) is 0.487. The van der Waals surface area contributed by atoms with E-state index in [4.69, 9.17) is 0 Å². The first-order valence-electron chi connectivity index (χ1n) is 7.47. The fourth-order valence-electron chi connectivity index (χ4n) is 2.18. The topological polar surface area (TPSA) is 45.1 Å². The molecule has 2 unspecified atom stereocenters. The van der Waals surface area contributed by atoms with Crippen molar-refractivity contribution in [3.63, 3.8) is 0 Å². The Kier molecular flexibility index (Phi) is 5.91. The van der Waals surface area contributed by atoms with Gasteiger partial charge < -0.3 is 10.4 Å². The van der Waals surface area contributed by atoms with Crippen molar-refractivity contribution in [1.82, 2.24) is 10.3 Å². The van der Waals surface area contributed by atoms with Crippen LogP contribution in [0.5, 0.6) is 0 Å². The molecule has 2 aromatic rings. The van der Waals surface area contributed by atoms with Crippen LogP contribution in [-0.2, 0) is 6.54 Å². The van der Waals surface area contributed by atoms with E-state index in [9.17, 15) is 5.11 Å². The average Bonchev–Trinajstić information content (AvgIpc) is 2.95. The fraction of sp³-hybridized carbons (Fsp3) is 0.471. The molecular weight excluding hydrogens is 280 g/mol. The first kappa shape index (κ1) is 16.1. The Morgan fingerprint density at radius 2 is 1.90 bits per heavy atom. The first-order valence-corrected chi connectivity index (χ1v) is 8.35. The van der Waals surface area contributed by atoms with Crippen molar-refractivity contribution in [2.75, 3.05) is 0 Å². The molecule has 0 aliphatic carbocycles. The second-order valence-corrected chi connectivity index (χ2v) is 6.67. The number of nitrogens with zero attached hydrogens (tertiary/aromatic N) is 1. The maximum absolute atomic E-state index is 10.2. The highest BCUT2D eigenvalue weighted by atomic mass is 32.1. The lowest BCUT2D eigenvalue weighted by Gasteiger charge is -2.17. The van der Waals surface area contributed by atoms with Crippen molar-refractivity contribution in [3.05, 3.63) is 52.0 Å². The number of thiazole rings is 1. The maximum Gasteiger partial charge on any atom is 0.0954 e. The van der Waals surface area contributed by atoms with Crippen LogP contribution in [0, 0.1) is 0 Å². The van der Waals surface area contributed by atoms with E-state index in [1.165, 1.54) is 5.01 Å². The van der Waals surface area contributed by atoms with Gasteiger partial charge in [-0.2, -0.15) is 0 Å². The molecule has 2 N–H and O–H groups in total. The molecule has 4 heteroatoms. The van der Waals surface area contributed by atoms with E-state index in [0.717, 1.165) is 17.8 Å². The minimum Gasteiger partial charge on any atom is -0.388 e. The normalized spacial score (nSPS) is 14.3. The summed E-state index contributed by atoms with van der Waals surface area (Å²) in [6.07, 6.45) is 0.279. The van der Waals surface area contributed by atoms with Crippen LogP contribution in [0.1, 0.15) is 55.5 Å². The lowest BCUT2D eigenvalue weighted by molar-refractivity contribution is 0.154.